The largest absolute Gasteiger partial charge is 0.361 e. The molecule has 0 unspecified atom stereocenters. The number of pyridine rings is 1. The molecule has 34 heavy (non-hydrogen) atoms. The van der Waals surface area contributed by atoms with E-state index >= 15 is 0 Å². The first-order valence-corrected chi connectivity index (χ1v) is 12.1. The van der Waals surface area contributed by atoms with Crippen LogP contribution in [0.25, 0.3) is 27.2 Å². The van der Waals surface area contributed by atoms with Crippen LogP contribution in [0.5, 0.6) is 0 Å². The van der Waals surface area contributed by atoms with Crippen LogP contribution >= 0.6 is 11.3 Å². The molecule has 1 aromatic carbocycles. The average molecular weight is 471 g/mol. The van der Waals surface area contributed by atoms with E-state index in [1.807, 2.05) is 35.4 Å². The molecule has 1 aliphatic rings. The second-order valence-corrected chi connectivity index (χ2v) is 9.91. The summed E-state index contributed by atoms with van der Waals surface area (Å²) in [6.07, 6.45) is 8.03. The number of carbonyl (C=O) groups is 1. The van der Waals surface area contributed by atoms with Gasteiger partial charge >= 0.3 is 0 Å². The van der Waals surface area contributed by atoms with Crippen molar-refractivity contribution < 1.29 is 4.79 Å². The molecule has 172 valence electrons. The molecule has 0 aliphatic carbocycles. The molecule has 4 heterocycles. The first kappa shape index (κ1) is 22.1. The number of thiophene rings is 1. The van der Waals surface area contributed by atoms with E-state index in [9.17, 15) is 10.1 Å². The molecule has 1 saturated heterocycles. The number of hydrogen-bond donors (Lipinski definition) is 2. The Kier molecular flexibility index (Phi) is 5.82. The highest BCUT2D eigenvalue weighted by molar-refractivity contribution is 7.19. The van der Waals surface area contributed by atoms with Crippen LogP contribution in [0.2, 0.25) is 0 Å². The van der Waals surface area contributed by atoms with Crippen molar-refractivity contribution in [3.05, 3.63) is 58.7 Å². The molecule has 3 aromatic heterocycles. The Morgan fingerprint density at radius 1 is 1.35 bits per heavy atom. The molecule has 1 fully saturated rings. The van der Waals surface area contributed by atoms with Crippen LogP contribution in [-0.4, -0.2) is 58.9 Å². The Bertz CT molecular complexity index is 1460. The summed E-state index contributed by atoms with van der Waals surface area (Å²) in [6, 6.07) is 10.8. The van der Waals surface area contributed by atoms with E-state index in [0.29, 0.717) is 11.6 Å². The summed E-state index contributed by atoms with van der Waals surface area (Å²) in [5, 5.41) is 15.2. The molecular formula is C26H26N6OS. The SMILES string of the molecule is Cc1c(Nc2c(C#N)cnc3sc(/C=C/C(=O)N4CC[C@@H](N(C)C)C4)cc23)ccc2[nH]ccc12. The van der Waals surface area contributed by atoms with Crippen LogP contribution in [0.1, 0.15) is 22.4 Å². The van der Waals surface area contributed by atoms with E-state index in [0.717, 1.165) is 62.4 Å². The average Bonchev–Trinajstić information content (AvgIpc) is 3.58. The highest BCUT2D eigenvalue weighted by atomic mass is 32.1. The fourth-order valence-corrected chi connectivity index (χ4v) is 5.40. The molecular weight excluding hydrogens is 444 g/mol. The monoisotopic (exact) mass is 470 g/mol. The van der Waals surface area contributed by atoms with Crippen molar-refractivity contribution in [3.63, 3.8) is 0 Å². The molecule has 5 rings (SSSR count). The van der Waals surface area contributed by atoms with Crippen LogP contribution < -0.4 is 5.32 Å². The van der Waals surface area contributed by atoms with Gasteiger partial charge in [0.05, 0.1) is 11.3 Å². The first-order valence-electron chi connectivity index (χ1n) is 11.2. The quantitative estimate of drug-likeness (QED) is 0.406. The Morgan fingerprint density at radius 2 is 2.21 bits per heavy atom. The molecule has 1 amide bonds. The third-order valence-electron chi connectivity index (χ3n) is 6.56. The van der Waals surface area contributed by atoms with Gasteiger partial charge in [0.2, 0.25) is 5.91 Å². The lowest BCUT2D eigenvalue weighted by Gasteiger charge is -2.19. The van der Waals surface area contributed by atoms with E-state index in [1.165, 1.54) is 11.3 Å². The lowest BCUT2D eigenvalue weighted by atomic mass is 10.1. The summed E-state index contributed by atoms with van der Waals surface area (Å²) >= 11 is 1.51. The maximum atomic E-state index is 12.7. The van der Waals surface area contributed by atoms with Crippen molar-refractivity contribution in [3.8, 4) is 6.07 Å². The number of rotatable bonds is 5. The van der Waals surface area contributed by atoms with Gasteiger partial charge in [0.1, 0.15) is 10.9 Å². The first-order chi connectivity index (χ1) is 16.4. The van der Waals surface area contributed by atoms with Crippen molar-refractivity contribution in [2.24, 2.45) is 0 Å². The zero-order valence-corrected chi connectivity index (χ0v) is 20.2. The second kappa shape index (κ2) is 8.93. The Morgan fingerprint density at radius 3 is 2.97 bits per heavy atom. The number of fused-ring (bicyclic) bond motifs is 2. The number of nitrogens with zero attached hydrogens (tertiary/aromatic N) is 4. The molecule has 0 radical (unpaired) electrons. The highest BCUT2D eigenvalue weighted by Gasteiger charge is 2.26. The number of hydrogen-bond acceptors (Lipinski definition) is 6. The zero-order valence-electron chi connectivity index (χ0n) is 19.4. The Labute approximate surface area is 202 Å². The summed E-state index contributed by atoms with van der Waals surface area (Å²) in [7, 11) is 4.11. The maximum Gasteiger partial charge on any atom is 0.246 e. The fourth-order valence-electron chi connectivity index (χ4n) is 4.49. The van der Waals surface area contributed by atoms with E-state index in [2.05, 4.69) is 53.3 Å². The molecule has 0 spiro atoms. The minimum atomic E-state index is 0.0289. The maximum absolute atomic E-state index is 12.7. The zero-order chi connectivity index (χ0) is 23.8. The van der Waals surface area contributed by atoms with E-state index in [4.69, 9.17) is 0 Å². The fraction of sp³-hybridized carbons (Fsp3) is 0.269. The van der Waals surface area contributed by atoms with Gasteiger partial charge in [-0.3, -0.25) is 4.79 Å². The van der Waals surface area contributed by atoms with Crippen molar-refractivity contribution in [2.75, 3.05) is 32.5 Å². The number of aromatic amines is 1. The number of H-pyrrole nitrogens is 1. The van der Waals surface area contributed by atoms with Crippen LogP contribution in [-0.2, 0) is 4.79 Å². The van der Waals surface area contributed by atoms with Gasteiger partial charge in [-0.05, 0) is 63.3 Å². The Balaban J connectivity index is 1.44. The second-order valence-electron chi connectivity index (χ2n) is 8.85. The van der Waals surface area contributed by atoms with E-state index in [-0.39, 0.29) is 5.91 Å². The number of likely N-dealkylation sites (tertiary alicyclic amines) is 1. The van der Waals surface area contributed by atoms with Gasteiger partial charge < -0.3 is 20.1 Å². The van der Waals surface area contributed by atoms with Gasteiger partial charge in [-0.2, -0.15) is 5.26 Å². The third kappa shape index (κ3) is 4.04. The molecule has 1 aliphatic heterocycles. The minimum Gasteiger partial charge on any atom is -0.361 e. The highest BCUT2D eigenvalue weighted by Crippen LogP contribution is 2.36. The number of nitrogens with one attached hydrogen (secondary N) is 2. The number of amides is 1. The van der Waals surface area contributed by atoms with Crippen molar-refractivity contribution >= 4 is 55.8 Å². The number of benzene rings is 1. The molecule has 0 saturated carbocycles. The number of likely N-dealkylation sites (N-methyl/N-ethyl adjacent to an activating group) is 1. The van der Waals surface area contributed by atoms with Crippen LogP contribution in [0.15, 0.2) is 42.7 Å². The Hall–Kier alpha value is -3.67. The third-order valence-corrected chi connectivity index (χ3v) is 7.57. The number of aromatic nitrogens is 2. The molecule has 7 nitrogen and oxygen atoms in total. The molecule has 2 N–H and O–H groups in total. The van der Waals surface area contributed by atoms with Crippen LogP contribution in [0.3, 0.4) is 0 Å². The smallest absolute Gasteiger partial charge is 0.246 e. The summed E-state index contributed by atoms with van der Waals surface area (Å²) < 4.78 is 0. The summed E-state index contributed by atoms with van der Waals surface area (Å²) in [4.78, 5) is 26.2. The number of anilines is 2. The summed E-state index contributed by atoms with van der Waals surface area (Å²) in [5.74, 6) is 0.0289. The number of nitriles is 1. The number of carbonyl (C=O) groups excluding carboxylic acids is 1. The normalized spacial score (nSPS) is 16.2. The standard InChI is InChI=1S/C26H26N6OS/c1-16-20-8-10-28-23(20)6-5-22(16)30-25-17(13-27)14-29-26-21(25)12-19(34-26)4-7-24(33)32-11-9-18(15-32)31(2)3/h4-8,10,12,14,18,28H,9,11,15H2,1-3H3,(H,29,30)/b7-4+/t18-/m1/s1. The lowest BCUT2D eigenvalue weighted by molar-refractivity contribution is -0.125. The van der Waals surface area contributed by atoms with Gasteiger partial charge in [-0.25, -0.2) is 4.98 Å². The molecule has 8 heteroatoms. The summed E-state index contributed by atoms with van der Waals surface area (Å²) in [6.45, 7) is 3.61. The van der Waals surface area contributed by atoms with Gasteiger partial charge in [0, 0.05) is 64.5 Å². The van der Waals surface area contributed by atoms with Crippen molar-refractivity contribution in [2.45, 2.75) is 19.4 Å². The molecule has 0 bridgehead atoms. The van der Waals surface area contributed by atoms with E-state index < -0.39 is 0 Å². The van der Waals surface area contributed by atoms with E-state index in [1.54, 1.807) is 12.3 Å². The predicted molar refractivity (Wildman–Crippen MR) is 138 cm³/mol. The topological polar surface area (TPSA) is 88.0 Å². The van der Waals surface area contributed by atoms with Gasteiger partial charge in [-0.1, -0.05) is 0 Å². The van der Waals surface area contributed by atoms with Crippen molar-refractivity contribution in [1.29, 1.82) is 5.26 Å². The number of aryl methyl sites for hydroxylation is 1. The molecule has 4 aromatic rings. The lowest BCUT2D eigenvalue weighted by Crippen LogP contribution is -2.33. The van der Waals surface area contributed by atoms with Crippen LogP contribution in [0, 0.1) is 18.3 Å². The van der Waals surface area contributed by atoms with Crippen LogP contribution in [0.4, 0.5) is 11.4 Å². The van der Waals surface area contributed by atoms with Gasteiger partial charge in [0.25, 0.3) is 0 Å². The predicted octanol–water partition coefficient (Wildman–Crippen LogP) is 4.88. The minimum absolute atomic E-state index is 0.0289. The van der Waals surface area contributed by atoms with Crippen molar-refractivity contribution in [1.82, 2.24) is 19.8 Å². The molecule has 1 atom stereocenters. The summed E-state index contributed by atoms with van der Waals surface area (Å²) in [5.41, 5.74) is 4.35. The van der Waals surface area contributed by atoms with Gasteiger partial charge in [-0.15, -0.1) is 11.3 Å². The van der Waals surface area contributed by atoms with Gasteiger partial charge in [0.15, 0.2) is 0 Å².